The molecule has 1 saturated heterocycles. The molecule has 0 aliphatic carbocycles. The molecule has 2 rings (SSSR count). The van der Waals surface area contributed by atoms with Crippen molar-refractivity contribution in [1.29, 1.82) is 0 Å². The number of nitrogens with one attached hydrogen (secondary N) is 1. The molecule has 94 valence electrons. The van der Waals surface area contributed by atoms with Crippen molar-refractivity contribution in [1.82, 2.24) is 15.2 Å². The molecule has 1 aliphatic rings. The predicted octanol–water partition coefficient (Wildman–Crippen LogP) is 1.75. The number of hydrogen-bond donors (Lipinski definition) is 1. The van der Waals surface area contributed by atoms with Gasteiger partial charge in [-0.1, -0.05) is 0 Å². The zero-order valence-corrected chi connectivity index (χ0v) is 10.8. The summed E-state index contributed by atoms with van der Waals surface area (Å²) in [6.45, 7) is 4.44. The Morgan fingerprint density at radius 2 is 2.24 bits per heavy atom. The van der Waals surface area contributed by atoms with E-state index in [1.54, 1.807) is 10.9 Å². The first-order chi connectivity index (χ1) is 8.36. The van der Waals surface area contributed by atoms with Crippen LogP contribution >= 0.6 is 11.3 Å². The fourth-order valence-electron chi connectivity index (χ4n) is 2.08. The average Bonchev–Trinajstić information content (AvgIpc) is 3.01. The quantitative estimate of drug-likeness (QED) is 0.786. The first kappa shape index (κ1) is 12.5. The van der Waals surface area contributed by atoms with Crippen LogP contribution in [0.15, 0.2) is 10.9 Å². The van der Waals surface area contributed by atoms with Crippen molar-refractivity contribution in [3.63, 3.8) is 0 Å². The third kappa shape index (κ3) is 4.09. The number of thiazole rings is 1. The number of amides is 1. The molecule has 0 unspecified atom stereocenters. The molecule has 17 heavy (non-hydrogen) atoms. The number of nitrogens with zero attached hydrogens (tertiary/aromatic N) is 2. The van der Waals surface area contributed by atoms with Gasteiger partial charge in [-0.15, -0.1) is 11.3 Å². The molecule has 1 aromatic rings. The second-order valence-corrected chi connectivity index (χ2v) is 5.10. The third-order valence-electron chi connectivity index (χ3n) is 3.05. The zero-order chi connectivity index (χ0) is 11.9. The minimum Gasteiger partial charge on any atom is -0.351 e. The van der Waals surface area contributed by atoms with Gasteiger partial charge in [0.25, 0.3) is 5.91 Å². The first-order valence-corrected chi connectivity index (χ1v) is 7.19. The highest BCUT2D eigenvalue weighted by molar-refractivity contribution is 7.07. The van der Waals surface area contributed by atoms with Crippen molar-refractivity contribution in [2.75, 3.05) is 26.2 Å². The molecule has 0 saturated carbocycles. The number of likely N-dealkylation sites (tertiary alicyclic amines) is 1. The molecule has 0 aromatic carbocycles. The van der Waals surface area contributed by atoms with E-state index in [4.69, 9.17) is 0 Å². The summed E-state index contributed by atoms with van der Waals surface area (Å²) in [5.74, 6) is -0.0487. The zero-order valence-electron chi connectivity index (χ0n) is 10.0. The Labute approximate surface area is 106 Å². The highest BCUT2D eigenvalue weighted by Gasteiger charge is 2.10. The Bertz CT molecular complexity index is 334. The standard InChI is InChI=1S/C12H19N3OS/c16-12(11-9-17-10-14-11)13-5-1-2-6-15-7-3-4-8-15/h9-10H,1-8H2,(H,13,16). The Morgan fingerprint density at radius 3 is 2.94 bits per heavy atom. The summed E-state index contributed by atoms with van der Waals surface area (Å²) in [7, 11) is 0. The lowest BCUT2D eigenvalue weighted by Crippen LogP contribution is -2.26. The van der Waals surface area contributed by atoms with E-state index in [1.807, 2.05) is 0 Å². The summed E-state index contributed by atoms with van der Waals surface area (Å²) in [5, 5.41) is 4.67. The van der Waals surface area contributed by atoms with Gasteiger partial charge in [0.2, 0.25) is 0 Å². The minimum absolute atomic E-state index is 0.0487. The molecule has 0 bridgehead atoms. The number of unbranched alkanes of at least 4 members (excludes halogenated alkanes) is 1. The van der Waals surface area contributed by atoms with Crippen LogP contribution in [0.25, 0.3) is 0 Å². The molecule has 0 spiro atoms. The fourth-order valence-corrected chi connectivity index (χ4v) is 2.62. The van der Waals surface area contributed by atoms with Crippen LogP contribution in [0.1, 0.15) is 36.2 Å². The predicted molar refractivity (Wildman–Crippen MR) is 69.4 cm³/mol. The van der Waals surface area contributed by atoms with Crippen LogP contribution in [-0.2, 0) is 0 Å². The normalized spacial score (nSPS) is 16.2. The maximum Gasteiger partial charge on any atom is 0.270 e. The molecular weight excluding hydrogens is 234 g/mol. The molecular formula is C12H19N3OS. The van der Waals surface area contributed by atoms with Gasteiger partial charge < -0.3 is 10.2 Å². The van der Waals surface area contributed by atoms with Gasteiger partial charge in [0.15, 0.2) is 0 Å². The van der Waals surface area contributed by atoms with Crippen molar-refractivity contribution in [2.45, 2.75) is 25.7 Å². The van der Waals surface area contributed by atoms with Crippen molar-refractivity contribution >= 4 is 17.2 Å². The Balaban J connectivity index is 1.52. The van der Waals surface area contributed by atoms with E-state index in [0.29, 0.717) is 5.69 Å². The Morgan fingerprint density at radius 1 is 1.41 bits per heavy atom. The van der Waals surface area contributed by atoms with Crippen LogP contribution in [0.5, 0.6) is 0 Å². The van der Waals surface area contributed by atoms with E-state index >= 15 is 0 Å². The molecule has 0 atom stereocenters. The van der Waals surface area contributed by atoms with Crippen molar-refractivity contribution in [2.24, 2.45) is 0 Å². The largest absolute Gasteiger partial charge is 0.351 e. The van der Waals surface area contributed by atoms with Crippen molar-refractivity contribution < 1.29 is 4.79 Å². The van der Waals surface area contributed by atoms with Gasteiger partial charge in [-0.3, -0.25) is 4.79 Å². The highest BCUT2D eigenvalue weighted by atomic mass is 32.1. The van der Waals surface area contributed by atoms with Crippen molar-refractivity contribution in [3.8, 4) is 0 Å². The lowest BCUT2D eigenvalue weighted by molar-refractivity contribution is 0.0948. The number of carbonyl (C=O) groups is 1. The summed E-state index contributed by atoms with van der Waals surface area (Å²) in [4.78, 5) is 18.0. The minimum atomic E-state index is -0.0487. The van der Waals surface area contributed by atoms with Gasteiger partial charge in [-0.25, -0.2) is 4.98 Å². The van der Waals surface area contributed by atoms with E-state index < -0.39 is 0 Å². The number of rotatable bonds is 6. The molecule has 1 aromatic heterocycles. The third-order valence-corrected chi connectivity index (χ3v) is 3.64. The van der Waals surface area contributed by atoms with Gasteiger partial charge in [-0.2, -0.15) is 0 Å². The van der Waals surface area contributed by atoms with Crippen LogP contribution in [-0.4, -0.2) is 42.0 Å². The number of carbonyl (C=O) groups excluding carboxylic acids is 1. The van der Waals surface area contributed by atoms with Crippen LogP contribution in [0, 0.1) is 0 Å². The molecule has 5 heteroatoms. The van der Waals surface area contributed by atoms with Crippen LogP contribution in [0.2, 0.25) is 0 Å². The van der Waals surface area contributed by atoms with Gasteiger partial charge in [0, 0.05) is 11.9 Å². The summed E-state index contributed by atoms with van der Waals surface area (Å²) >= 11 is 1.45. The van der Waals surface area contributed by atoms with Gasteiger partial charge in [0.05, 0.1) is 5.51 Å². The van der Waals surface area contributed by atoms with Crippen LogP contribution in [0.3, 0.4) is 0 Å². The average molecular weight is 253 g/mol. The molecule has 1 aliphatic heterocycles. The molecule has 1 N–H and O–H groups in total. The SMILES string of the molecule is O=C(NCCCCN1CCCC1)c1cscn1. The maximum absolute atomic E-state index is 11.5. The van der Waals surface area contributed by atoms with E-state index in [1.165, 1.54) is 43.8 Å². The summed E-state index contributed by atoms with van der Waals surface area (Å²) in [6, 6.07) is 0. The molecule has 0 radical (unpaired) electrons. The topological polar surface area (TPSA) is 45.2 Å². The van der Waals surface area contributed by atoms with Gasteiger partial charge in [-0.05, 0) is 45.3 Å². The maximum atomic E-state index is 11.5. The van der Waals surface area contributed by atoms with Gasteiger partial charge in [0.1, 0.15) is 5.69 Å². The molecule has 1 amide bonds. The highest BCUT2D eigenvalue weighted by Crippen LogP contribution is 2.08. The molecule has 4 nitrogen and oxygen atoms in total. The Hall–Kier alpha value is -0.940. The van der Waals surface area contributed by atoms with Crippen LogP contribution < -0.4 is 5.32 Å². The van der Waals surface area contributed by atoms with Gasteiger partial charge >= 0.3 is 0 Å². The summed E-state index contributed by atoms with van der Waals surface area (Å²) in [6.07, 6.45) is 4.91. The smallest absolute Gasteiger partial charge is 0.270 e. The fraction of sp³-hybridized carbons (Fsp3) is 0.667. The van der Waals surface area contributed by atoms with Crippen LogP contribution in [0.4, 0.5) is 0 Å². The molecule has 2 heterocycles. The summed E-state index contributed by atoms with van der Waals surface area (Å²) < 4.78 is 0. The first-order valence-electron chi connectivity index (χ1n) is 6.25. The van der Waals surface area contributed by atoms with E-state index in [0.717, 1.165) is 19.4 Å². The lowest BCUT2D eigenvalue weighted by Gasteiger charge is -2.13. The monoisotopic (exact) mass is 253 g/mol. The van der Waals surface area contributed by atoms with Crippen molar-refractivity contribution in [3.05, 3.63) is 16.6 Å². The molecule has 1 fully saturated rings. The second kappa shape index (κ2) is 6.71. The number of hydrogen-bond acceptors (Lipinski definition) is 4. The number of aromatic nitrogens is 1. The van der Waals surface area contributed by atoms with E-state index in [9.17, 15) is 4.79 Å². The van der Waals surface area contributed by atoms with E-state index in [2.05, 4.69) is 15.2 Å². The summed E-state index contributed by atoms with van der Waals surface area (Å²) in [5.41, 5.74) is 2.22. The second-order valence-electron chi connectivity index (χ2n) is 4.39. The van der Waals surface area contributed by atoms with E-state index in [-0.39, 0.29) is 5.91 Å². The Kier molecular flexibility index (Phi) is 4.94. The lowest BCUT2D eigenvalue weighted by atomic mass is 10.3.